The monoisotopic (exact) mass is 384 g/mol. The lowest BCUT2D eigenvalue weighted by molar-refractivity contribution is 0.0795. The quantitative estimate of drug-likeness (QED) is 0.563. The van der Waals surface area contributed by atoms with Crippen LogP contribution >= 0.6 is 11.8 Å². The number of ether oxygens (including phenoxy) is 1. The highest BCUT2D eigenvalue weighted by Crippen LogP contribution is 2.41. The van der Waals surface area contributed by atoms with Crippen molar-refractivity contribution in [2.45, 2.75) is 62.9 Å². The van der Waals surface area contributed by atoms with Gasteiger partial charge in [-0.05, 0) is 44.2 Å². The summed E-state index contributed by atoms with van der Waals surface area (Å²) in [5.74, 6) is 0.817. The zero-order valence-electron chi connectivity index (χ0n) is 16.7. The maximum atomic E-state index is 10.3. The fourth-order valence-electron chi connectivity index (χ4n) is 2.91. The third-order valence-corrected chi connectivity index (χ3v) is 5.21. The van der Waals surface area contributed by atoms with Crippen LogP contribution in [-0.2, 0) is 13.0 Å². The Bertz CT molecular complexity index is 906. The molecule has 0 aliphatic rings. The van der Waals surface area contributed by atoms with E-state index in [2.05, 4.69) is 36.8 Å². The summed E-state index contributed by atoms with van der Waals surface area (Å²) < 4.78 is 6.02. The molecular weight excluding hydrogens is 356 g/mol. The first-order valence-electron chi connectivity index (χ1n) is 9.19. The number of hydrogen-bond donors (Lipinski definition) is 2. The molecule has 0 spiro atoms. The van der Waals surface area contributed by atoms with Crippen molar-refractivity contribution < 1.29 is 9.84 Å². The Labute approximate surface area is 165 Å². The summed E-state index contributed by atoms with van der Waals surface area (Å²) >= 11 is 1.82. The molecule has 0 radical (unpaired) electrons. The van der Waals surface area contributed by atoms with E-state index in [1.165, 1.54) is 4.90 Å². The van der Waals surface area contributed by atoms with Crippen LogP contribution in [0.5, 0.6) is 5.75 Å². The summed E-state index contributed by atoms with van der Waals surface area (Å²) in [7, 11) is 0. The lowest BCUT2D eigenvalue weighted by atomic mass is 10.0. The average molecular weight is 385 g/mol. The van der Waals surface area contributed by atoms with Crippen LogP contribution in [-0.4, -0.2) is 25.4 Å². The van der Waals surface area contributed by atoms with Gasteiger partial charge in [0.1, 0.15) is 12.4 Å². The second-order valence-corrected chi connectivity index (χ2v) is 10.3. The maximum absolute atomic E-state index is 10.3. The lowest BCUT2D eigenvalue weighted by Crippen LogP contribution is -2.22. The van der Waals surface area contributed by atoms with Crippen molar-refractivity contribution in [1.29, 1.82) is 0 Å². The Morgan fingerprint density at radius 2 is 1.89 bits per heavy atom. The summed E-state index contributed by atoms with van der Waals surface area (Å²) in [5.41, 5.74) is 2.26. The molecule has 0 bridgehead atoms. The van der Waals surface area contributed by atoms with Gasteiger partial charge in [-0.1, -0.05) is 26.8 Å². The number of fused-ring (bicyclic) bond motifs is 1. The van der Waals surface area contributed by atoms with Gasteiger partial charge in [0.05, 0.1) is 11.3 Å². The Balaban J connectivity index is 1.94. The van der Waals surface area contributed by atoms with E-state index in [4.69, 9.17) is 4.74 Å². The first-order valence-corrected chi connectivity index (χ1v) is 10.0. The minimum atomic E-state index is -0.771. The van der Waals surface area contributed by atoms with E-state index in [0.29, 0.717) is 13.0 Å². The first-order chi connectivity index (χ1) is 12.6. The number of pyridine rings is 1. The van der Waals surface area contributed by atoms with E-state index < -0.39 is 5.60 Å². The van der Waals surface area contributed by atoms with Crippen LogP contribution in [0, 0.1) is 0 Å². The van der Waals surface area contributed by atoms with Crippen LogP contribution in [0.4, 0.5) is 0 Å². The normalized spacial score (nSPS) is 12.5. The van der Waals surface area contributed by atoms with Gasteiger partial charge in [0.25, 0.3) is 0 Å². The highest BCUT2D eigenvalue weighted by molar-refractivity contribution is 8.00. The Kier molecular flexibility index (Phi) is 5.54. The van der Waals surface area contributed by atoms with Crippen LogP contribution < -0.4 is 4.74 Å². The smallest absolute Gasteiger partial charge is 0.130 e. The van der Waals surface area contributed by atoms with Gasteiger partial charge < -0.3 is 14.8 Å². The molecular formula is C22H28N2O2S. The van der Waals surface area contributed by atoms with Crippen LogP contribution in [0.1, 0.15) is 46.0 Å². The fraction of sp³-hybridized carbons (Fsp3) is 0.409. The molecule has 27 heavy (non-hydrogen) atoms. The van der Waals surface area contributed by atoms with Crippen LogP contribution in [0.15, 0.2) is 47.5 Å². The number of H-pyrrole nitrogens is 1. The van der Waals surface area contributed by atoms with Gasteiger partial charge in [-0.2, -0.15) is 0 Å². The molecule has 1 aromatic carbocycles. The summed E-state index contributed by atoms with van der Waals surface area (Å²) in [6.45, 7) is 10.7. The molecule has 0 saturated carbocycles. The number of hydrogen-bond acceptors (Lipinski definition) is 4. The van der Waals surface area contributed by atoms with Crippen LogP contribution in [0.3, 0.4) is 0 Å². The summed E-state index contributed by atoms with van der Waals surface area (Å²) in [6.07, 6.45) is 2.35. The molecule has 0 atom stereocenters. The molecule has 2 N–H and O–H groups in total. The molecule has 2 aromatic heterocycles. The zero-order chi connectivity index (χ0) is 19.7. The van der Waals surface area contributed by atoms with Crippen molar-refractivity contribution in [3.63, 3.8) is 0 Å². The molecule has 3 rings (SSSR count). The molecule has 144 valence electrons. The predicted octanol–water partition coefficient (Wildman–Crippen LogP) is 5.35. The molecule has 0 fully saturated rings. The number of aromatic nitrogens is 2. The minimum absolute atomic E-state index is 0.0638. The molecule has 3 aromatic rings. The van der Waals surface area contributed by atoms with E-state index in [1.54, 1.807) is 6.20 Å². The Morgan fingerprint density at radius 3 is 2.52 bits per heavy atom. The SMILES string of the molecule is CC(C)(O)Cc1[nH]c2ccc(OCc3ccccn3)cc2c1SC(C)(C)C. The second kappa shape index (κ2) is 7.56. The van der Waals surface area contributed by atoms with Crippen molar-refractivity contribution in [2.24, 2.45) is 0 Å². The minimum Gasteiger partial charge on any atom is -0.487 e. The molecule has 0 aliphatic carbocycles. The van der Waals surface area contributed by atoms with Crippen molar-refractivity contribution in [3.8, 4) is 5.75 Å². The van der Waals surface area contributed by atoms with E-state index in [0.717, 1.165) is 28.0 Å². The molecule has 0 amide bonds. The predicted molar refractivity (Wildman–Crippen MR) is 112 cm³/mol. The van der Waals surface area contributed by atoms with E-state index in [1.807, 2.05) is 55.9 Å². The van der Waals surface area contributed by atoms with Gasteiger partial charge in [-0.3, -0.25) is 4.98 Å². The Hall–Kier alpha value is -1.98. The van der Waals surface area contributed by atoms with E-state index in [-0.39, 0.29) is 4.75 Å². The van der Waals surface area contributed by atoms with E-state index >= 15 is 0 Å². The zero-order valence-corrected chi connectivity index (χ0v) is 17.5. The largest absolute Gasteiger partial charge is 0.487 e. The second-order valence-electron chi connectivity index (χ2n) is 8.45. The molecule has 0 saturated heterocycles. The fourth-order valence-corrected chi connectivity index (χ4v) is 4.05. The summed E-state index contributed by atoms with van der Waals surface area (Å²) in [5, 5.41) is 11.5. The van der Waals surface area contributed by atoms with Gasteiger partial charge >= 0.3 is 0 Å². The van der Waals surface area contributed by atoms with Crippen molar-refractivity contribution in [3.05, 3.63) is 54.0 Å². The number of benzene rings is 1. The molecule has 5 heteroatoms. The topological polar surface area (TPSA) is 58.1 Å². The Morgan fingerprint density at radius 1 is 1.11 bits per heavy atom. The van der Waals surface area contributed by atoms with Crippen LogP contribution in [0.2, 0.25) is 0 Å². The van der Waals surface area contributed by atoms with Crippen molar-refractivity contribution >= 4 is 22.7 Å². The number of nitrogens with zero attached hydrogens (tertiary/aromatic N) is 1. The van der Waals surface area contributed by atoms with Crippen molar-refractivity contribution in [1.82, 2.24) is 9.97 Å². The number of thioether (sulfide) groups is 1. The summed E-state index contributed by atoms with van der Waals surface area (Å²) in [6, 6.07) is 11.9. The molecule has 0 unspecified atom stereocenters. The van der Waals surface area contributed by atoms with Gasteiger partial charge in [0.15, 0.2) is 0 Å². The maximum Gasteiger partial charge on any atom is 0.130 e. The molecule has 2 heterocycles. The number of aromatic amines is 1. The average Bonchev–Trinajstić information content (AvgIpc) is 2.87. The number of aliphatic hydroxyl groups is 1. The molecule has 0 aliphatic heterocycles. The third kappa shape index (κ3) is 5.50. The third-order valence-electron chi connectivity index (χ3n) is 3.93. The van der Waals surface area contributed by atoms with Gasteiger partial charge in [0, 0.05) is 38.9 Å². The van der Waals surface area contributed by atoms with Gasteiger partial charge in [-0.15, -0.1) is 11.8 Å². The standard InChI is InChI=1S/C22H28N2O2S/c1-21(2,3)27-20-17-12-16(26-14-15-8-6-7-11-23-15)9-10-18(17)24-19(20)13-22(4,5)25/h6-12,24-25H,13-14H2,1-5H3. The van der Waals surface area contributed by atoms with Gasteiger partial charge in [0.2, 0.25) is 0 Å². The summed E-state index contributed by atoms with van der Waals surface area (Å²) in [4.78, 5) is 8.98. The van der Waals surface area contributed by atoms with Crippen molar-refractivity contribution in [2.75, 3.05) is 0 Å². The highest BCUT2D eigenvalue weighted by atomic mass is 32.2. The van der Waals surface area contributed by atoms with E-state index in [9.17, 15) is 5.11 Å². The lowest BCUT2D eigenvalue weighted by Gasteiger charge is -2.21. The number of nitrogens with one attached hydrogen (secondary N) is 1. The van der Waals surface area contributed by atoms with Crippen LogP contribution in [0.25, 0.3) is 10.9 Å². The van der Waals surface area contributed by atoms with Gasteiger partial charge in [-0.25, -0.2) is 0 Å². The first kappa shape index (κ1) is 19.8. The highest BCUT2D eigenvalue weighted by Gasteiger charge is 2.23. The number of rotatable bonds is 6. The molecule has 4 nitrogen and oxygen atoms in total.